The maximum absolute atomic E-state index is 6.34. The quantitative estimate of drug-likeness (QED) is 0.396. The van der Waals surface area contributed by atoms with E-state index in [0.29, 0.717) is 6.61 Å². The van der Waals surface area contributed by atoms with Gasteiger partial charge in [0.25, 0.3) is 5.82 Å². The van der Waals surface area contributed by atoms with Gasteiger partial charge >= 0.3 is 0 Å². The van der Waals surface area contributed by atoms with E-state index in [4.69, 9.17) is 9.47 Å². The van der Waals surface area contributed by atoms with Gasteiger partial charge in [-0.3, -0.25) is 0 Å². The van der Waals surface area contributed by atoms with Crippen LogP contribution in [0, 0.1) is 0 Å². The lowest BCUT2D eigenvalue weighted by atomic mass is 10.1. The van der Waals surface area contributed by atoms with E-state index < -0.39 is 0 Å². The van der Waals surface area contributed by atoms with Crippen LogP contribution in [0.3, 0.4) is 0 Å². The molecule has 1 aromatic heterocycles. The summed E-state index contributed by atoms with van der Waals surface area (Å²) in [5.74, 6) is 1.90. The third kappa shape index (κ3) is 4.41. The second kappa shape index (κ2) is 9.01. The van der Waals surface area contributed by atoms with Crippen molar-refractivity contribution < 1.29 is 38.0 Å². The van der Waals surface area contributed by atoms with E-state index in [1.165, 1.54) is 0 Å². The Labute approximate surface area is 166 Å². The number of para-hydroxylation sites is 1. The summed E-state index contributed by atoms with van der Waals surface area (Å²) in [6.45, 7) is 0.536. The Balaban J connectivity index is 0.00000225. The molecule has 0 aliphatic heterocycles. The summed E-state index contributed by atoms with van der Waals surface area (Å²) in [5, 5.41) is 0. The first kappa shape index (κ1) is 19.5. The predicted octanol–water partition coefficient (Wildman–Crippen LogP) is 0.168. The lowest BCUT2D eigenvalue weighted by Crippen LogP contribution is -3.00. The van der Waals surface area contributed by atoms with Crippen LogP contribution in [0.15, 0.2) is 67.0 Å². The highest BCUT2D eigenvalue weighted by Crippen LogP contribution is 2.32. The molecule has 1 unspecified atom stereocenters. The fourth-order valence-corrected chi connectivity index (χ4v) is 2.91. The summed E-state index contributed by atoms with van der Waals surface area (Å²) in [7, 11) is 5.76. The van der Waals surface area contributed by atoms with Gasteiger partial charge in [0.05, 0.1) is 27.8 Å². The van der Waals surface area contributed by atoms with Crippen molar-refractivity contribution in [2.24, 2.45) is 14.1 Å². The molecular weight excluding hydrogens is 427 g/mol. The maximum atomic E-state index is 6.34. The van der Waals surface area contributed by atoms with Gasteiger partial charge in [-0.15, -0.1) is 0 Å². The number of benzene rings is 2. The highest BCUT2D eigenvalue weighted by molar-refractivity contribution is 5.37. The second-order valence-corrected chi connectivity index (χ2v) is 5.80. The van der Waals surface area contributed by atoms with Crippen LogP contribution in [0.1, 0.15) is 23.1 Å². The van der Waals surface area contributed by atoms with E-state index >= 15 is 0 Å². The summed E-state index contributed by atoms with van der Waals surface area (Å²) in [6, 6.07) is 18.2. The number of methoxy groups -OCH3 is 1. The van der Waals surface area contributed by atoms with Crippen LogP contribution in [0.25, 0.3) is 0 Å². The Morgan fingerprint density at radius 1 is 1.04 bits per heavy atom. The van der Waals surface area contributed by atoms with Gasteiger partial charge in [-0.1, -0.05) is 48.5 Å². The van der Waals surface area contributed by atoms with Gasteiger partial charge in [-0.2, -0.15) is 0 Å². The van der Waals surface area contributed by atoms with E-state index in [9.17, 15) is 0 Å². The Hall–Kier alpha value is -1.86. The van der Waals surface area contributed by atoms with E-state index in [-0.39, 0.29) is 30.1 Å². The molecule has 0 radical (unpaired) electrons. The smallest absolute Gasteiger partial charge is 0.290 e. The molecule has 0 spiro atoms. The number of aromatic nitrogens is 2. The summed E-state index contributed by atoms with van der Waals surface area (Å²) in [4.78, 5) is 0. The van der Waals surface area contributed by atoms with E-state index in [2.05, 4.69) is 27.3 Å². The number of hydrogen-bond donors (Lipinski definition) is 0. The van der Waals surface area contributed by atoms with Crippen molar-refractivity contribution in [2.45, 2.75) is 12.7 Å². The summed E-state index contributed by atoms with van der Waals surface area (Å²) in [6.07, 6.45) is 3.85. The van der Waals surface area contributed by atoms with Crippen LogP contribution in [-0.2, 0) is 25.4 Å². The first-order valence-corrected chi connectivity index (χ1v) is 8.00. The number of aryl methyl sites for hydroxylation is 2. The topological polar surface area (TPSA) is 27.3 Å². The highest BCUT2D eigenvalue weighted by Gasteiger charge is 2.29. The summed E-state index contributed by atoms with van der Waals surface area (Å²) < 4.78 is 16.1. The van der Waals surface area contributed by atoms with Crippen molar-refractivity contribution in [3.8, 4) is 5.75 Å². The second-order valence-electron chi connectivity index (χ2n) is 5.80. The van der Waals surface area contributed by atoms with Crippen LogP contribution in [-0.4, -0.2) is 11.7 Å². The fourth-order valence-electron chi connectivity index (χ4n) is 2.91. The van der Waals surface area contributed by atoms with Crippen LogP contribution < -0.4 is 33.3 Å². The third-order valence-corrected chi connectivity index (χ3v) is 4.15. The number of ether oxygens (including phenoxy) is 2. The molecule has 0 aliphatic rings. The van der Waals surface area contributed by atoms with Crippen molar-refractivity contribution in [1.29, 1.82) is 0 Å². The van der Waals surface area contributed by atoms with Crippen LogP contribution in [0.2, 0.25) is 0 Å². The number of hydrogen-bond acceptors (Lipinski definition) is 2. The molecule has 3 rings (SSSR count). The first-order valence-electron chi connectivity index (χ1n) is 8.00. The molecule has 0 N–H and O–H groups in total. The van der Waals surface area contributed by atoms with Gasteiger partial charge in [0, 0.05) is 5.56 Å². The molecule has 1 heterocycles. The molecule has 25 heavy (non-hydrogen) atoms. The summed E-state index contributed by atoms with van der Waals surface area (Å²) >= 11 is 0. The van der Waals surface area contributed by atoms with Gasteiger partial charge in [-0.05, 0) is 11.6 Å². The normalized spacial score (nSPS) is 11.6. The van der Waals surface area contributed by atoms with Crippen molar-refractivity contribution in [3.63, 3.8) is 0 Å². The number of rotatable bonds is 6. The number of nitrogens with zero attached hydrogens (tertiary/aromatic N) is 2. The Kier molecular flexibility index (Phi) is 7.01. The molecule has 0 saturated heterocycles. The van der Waals surface area contributed by atoms with E-state index in [0.717, 1.165) is 22.7 Å². The van der Waals surface area contributed by atoms with Crippen molar-refractivity contribution in [2.75, 3.05) is 7.11 Å². The Morgan fingerprint density at radius 2 is 1.72 bits per heavy atom. The molecule has 0 saturated carbocycles. The molecule has 2 aromatic carbocycles. The minimum absolute atomic E-state index is 0. The average Bonchev–Trinajstić information content (AvgIpc) is 2.96. The lowest BCUT2D eigenvalue weighted by Gasteiger charge is -2.18. The van der Waals surface area contributed by atoms with Crippen molar-refractivity contribution in [3.05, 3.63) is 83.9 Å². The molecule has 1 atom stereocenters. The predicted molar refractivity (Wildman–Crippen MR) is 92.7 cm³/mol. The SMILES string of the molecule is COc1ccccc1C(OCc1ccccc1)c1n(C)cc[n+]1C.[I-]. The number of imidazole rings is 1. The van der Waals surface area contributed by atoms with Crippen molar-refractivity contribution in [1.82, 2.24) is 4.57 Å². The first-order chi connectivity index (χ1) is 11.7. The van der Waals surface area contributed by atoms with Crippen LogP contribution in [0.4, 0.5) is 0 Å². The van der Waals surface area contributed by atoms with Gasteiger partial charge < -0.3 is 33.5 Å². The molecule has 0 fully saturated rings. The fraction of sp³-hybridized carbons (Fsp3) is 0.250. The zero-order chi connectivity index (χ0) is 16.9. The van der Waals surface area contributed by atoms with E-state index in [1.807, 2.05) is 62.9 Å². The Bertz CT molecular complexity index is 783. The van der Waals surface area contributed by atoms with Gasteiger partial charge in [-0.25, -0.2) is 9.13 Å². The molecule has 132 valence electrons. The molecular formula is C20H23IN2O2. The number of halogens is 1. The highest BCUT2D eigenvalue weighted by atomic mass is 127. The molecule has 4 nitrogen and oxygen atoms in total. The maximum Gasteiger partial charge on any atom is 0.290 e. The molecule has 0 bridgehead atoms. The van der Waals surface area contributed by atoms with Gasteiger partial charge in [0.15, 0.2) is 6.10 Å². The van der Waals surface area contributed by atoms with Crippen LogP contribution in [0.5, 0.6) is 5.75 Å². The zero-order valence-electron chi connectivity index (χ0n) is 14.7. The lowest BCUT2D eigenvalue weighted by molar-refractivity contribution is -0.682. The third-order valence-electron chi connectivity index (χ3n) is 4.15. The minimum atomic E-state index is -0.216. The monoisotopic (exact) mass is 450 g/mol. The summed E-state index contributed by atoms with van der Waals surface area (Å²) in [5.41, 5.74) is 2.17. The molecule has 5 heteroatoms. The van der Waals surface area contributed by atoms with Gasteiger partial charge in [0.1, 0.15) is 18.1 Å². The van der Waals surface area contributed by atoms with Gasteiger partial charge in [0.2, 0.25) is 0 Å². The van der Waals surface area contributed by atoms with Crippen LogP contribution >= 0.6 is 0 Å². The molecule has 0 aliphatic carbocycles. The minimum Gasteiger partial charge on any atom is -1.00 e. The zero-order valence-corrected chi connectivity index (χ0v) is 16.9. The Morgan fingerprint density at radius 3 is 2.36 bits per heavy atom. The van der Waals surface area contributed by atoms with E-state index in [1.54, 1.807) is 7.11 Å². The molecule has 3 aromatic rings. The standard InChI is InChI=1S/C20H23N2O2.HI/c1-21-13-14-22(2)20(21)19(17-11-7-8-12-18(17)23-3)24-15-16-9-5-4-6-10-16;/h4-14,19H,15H2,1-3H3;1H/q+1;/p-1. The van der Waals surface area contributed by atoms with Crippen molar-refractivity contribution >= 4 is 0 Å². The largest absolute Gasteiger partial charge is 1.00 e. The average molecular weight is 450 g/mol. The molecule has 0 amide bonds.